The lowest BCUT2D eigenvalue weighted by Gasteiger charge is -2.48. The monoisotopic (exact) mass is 235 g/mol. The van der Waals surface area contributed by atoms with E-state index in [2.05, 4.69) is 15.1 Å². The van der Waals surface area contributed by atoms with Gasteiger partial charge in [0.2, 0.25) is 0 Å². The molecule has 0 amide bonds. The number of nitrogens with zero attached hydrogens (tertiary/aromatic N) is 2. The van der Waals surface area contributed by atoms with E-state index in [-0.39, 0.29) is 0 Å². The quantitative estimate of drug-likeness (QED) is 0.724. The van der Waals surface area contributed by atoms with Crippen molar-refractivity contribution < 1.29 is 0 Å². The van der Waals surface area contributed by atoms with Crippen LogP contribution in [0.2, 0.25) is 0 Å². The fourth-order valence-electron chi connectivity index (χ4n) is 4.70. The molecule has 2 bridgehead atoms. The van der Waals surface area contributed by atoms with Crippen LogP contribution in [0.4, 0.5) is 0 Å². The van der Waals surface area contributed by atoms with Gasteiger partial charge < -0.3 is 10.2 Å². The molecule has 0 spiro atoms. The van der Waals surface area contributed by atoms with Gasteiger partial charge in [0.25, 0.3) is 0 Å². The van der Waals surface area contributed by atoms with Crippen molar-refractivity contribution in [3.8, 4) is 0 Å². The van der Waals surface area contributed by atoms with E-state index in [1.54, 1.807) is 0 Å². The average molecular weight is 235 g/mol. The first kappa shape index (κ1) is 10.8. The fraction of sp³-hybridized carbons (Fsp3) is 1.00. The van der Waals surface area contributed by atoms with Gasteiger partial charge in [-0.05, 0) is 57.2 Å². The molecule has 3 unspecified atom stereocenters. The van der Waals surface area contributed by atoms with Gasteiger partial charge in [-0.2, -0.15) is 0 Å². The lowest BCUT2D eigenvalue weighted by Crippen LogP contribution is -2.57. The normalized spacial score (nSPS) is 50.5. The molecule has 5 saturated heterocycles. The van der Waals surface area contributed by atoms with E-state index < -0.39 is 0 Å². The van der Waals surface area contributed by atoms with Crippen molar-refractivity contribution in [1.82, 2.24) is 15.1 Å². The van der Waals surface area contributed by atoms with Gasteiger partial charge in [-0.1, -0.05) is 0 Å². The highest BCUT2D eigenvalue weighted by Gasteiger charge is 2.43. The van der Waals surface area contributed by atoms with Gasteiger partial charge in [0.1, 0.15) is 0 Å². The van der Waals surface area contributed by atoms with E-state index in [0.29, 0.717) is 0 Å². The largest absolute Gasteiger partial charge is 0.312 e. The lowest BCUT2D eigenvalue weighted by molar-refractivity contribution is 0.0137. The van der Waals surface area contributed by atoms with Crippen molar-refractivity contribution in [1.29, 1.82) is 0 Å². The van der Waals surface area contributed by atoms with E-state index in [1.807, 2.05) is 0 Å². The van der Waals surface area contributed by atoms with Gasteiger partial charge in [-0.25, -0.2) is 0 Å². The molecule has 5 heterocycles. The van der Waals surface area contributed by atoms with Crippen LogP contribution in [0.5, 0.6) is 0 Å². The third kappa shape index (κ3) is 1.83. The zero-order valence-electron chi connectivity index (χ0n) is 10.8. The third-order valence-corrected chi connectivity index (χ3v) is 5.72. The molecule has 0 aromatic rings. The Bertz CT molecular complexity index is 271. The standard InChI is InChI=1S/C14H25N3/c1-2-12-8-17(9-13(12)15-5-1)14-10-16-6-3-11(14)4-7-16/h11-15H,1-10H2. The van der Waals surface area contributed by atoms with Crippen LogP contribution >= 0.6 is 0 Å². The maximum absolute atomic E-state index is 3.74. The first-order valence-corrected chi connectivity index (χ1v) is 7.60. The Balaban J connectivity index is 1.46. The summed E-state index contributed by atoms with van der Waals surface area (Å²) in [6.07, 6.45) is 5.79. The van der Waals surface area contributed by atoms with Crippen molar-refractivity contribution >= 4 is 0 Å². The van der Waals surface area contributed by atoms with E-state index in [9.17, 15) is 0 Å². The number of fused-ring (bicyclic) bond motifs is 4. The number of hydrogen-bond acceptors (Lipinski definition) is 3. The summed E-state index contributed by atoms with van der Waals surface area (Å²) in [6.45, 7) is 8.09. The first-order valence-electron chi connectivity index (χ1n) is 7.60. The molecule has 5 fully saturated rings. The van der Waals surface area contributed by atoms with Crippen LogP contribution in [0.3, 0.4) is 0 Å². The second-order valence-corrected chi connectivity index (χ2v) is 6.62. The van der Waals surface area contributed by atoms with E-state index in [4.69, 9.17) is 0 Å². The summed E-state index contributed by atoms with van der Waals surface area (Å²) < 4.78 is 0. The minimum Gasteiger partial charge on any atom is -0.312 e. The molecule has 0 saturated carbocycles. The molecule has 0 aromatic carbocycles. The van der Waals surface area contributed by atoms with Gasteiger partial charge in [0.05, 0.1) is 0 Å². The number of hydrogen-bond donors (Lipinski definition) is 1. The van der Waals surface area contributed by atoms with E-state index >= 15 is 0 Å². The minimum atomic E-state index is 0.819. The summed E-state index contributed by atoms with van der Waals surface area (Å²) >= 11 is 0. The van der Waals surface area contributed by atoms with Crippen LogP contribution in [0.1, 0.15) is 25.7 Å². The number of nitrogens with one attached hydrogen (secondary N) is 1. The number of likely N-dealkylation sites (tertiary alicyclic amines) is 1. The molecule has 0 aliphatic carbocycles. The van der Waals surface area contributed by atoms with Crippen molar-refractivity contribution in [3.05, 3.63) is 0 Å². The Kier molecular flexibility index (Phi) is 2.67. The Morgan fingerprint density at radius 1 is 0.882 bits per heavy atom. The summed E-state index contributed by atoms with van der Waals surface area (Å²) in [5, 5.41) is 3.74. The SMILES string of the molecule is C1CNC2CN(C3CN4CCC3CC4)CC2C1. The minimum absolute atomic E-state index is 0.819. The second kappa shape index (κ2) is 4.22. The average Bonchev–Trinajstić information content (AvgIpc) is 2.83. The zero-order valence-corrected chi connectivity index (χ0v) is 10.8. The Labute approximate surface area is 105 Å². The molecular formula is C14H25N3. The molecule has 5 aliphatic heterocycles. The molecule has 0 aromatic heterocycles. The number of piperidine rings is 4. The molecular weight excluding hydrogens is 210 g/mol. The molecule has 3 heteroatoms. The van der Waals surface area contributed by atoms with Gasteiger partial charge in [-0.3, -0.25) is 4.90 Å². The summed E-state index contributed by atoms with van der Waals surface area (Å²) in [5.74, 6) is 1.97. The van der Waals surface area contributed by atoms with Gasteiger partial charge >= 0.3 is 0 Å². The lowest BCUT2D eigenvalue weighted by atomic mass is 9.83. The fourth-order valence-corrected chi connectivity index (χ4v) is 4.70. The Hall–Kier alpha value is -0.120. The Morgan fingerprint density at radius 2 is 1.76 bits per heavy atom. The van der Waals surface area contributed by atoms with Gasteiger partial charge in [-0.15, -0.1) is 0 Å². The van der Waals surface area contributed by atoms with Crippen molar-refractivity contribution in [2.24, 2.45) is 11.8 Å². The smallest absolute Gasteiger partial charge is 0.0253 e. The summed E-state index contributed by atoms with van der Waals surface area (Å²) in [4.78, 5) is 5.53. The predicted octanol–water partition coefficient (Wildman–Crippen LogP) is 0.764. The van der Waals surface area contributed by atoms with Crippen molar-refractivity contribution in [2.45, 2.75) is 37.8 Å². The zero-order chi connectivity index (χ0) is 11.2. The van der Waals surface area contributed by atoms with E-state index in [1.165, 1.54) is 65.0 Å². The highest BCUT2D eigenvalue weighted by atomic mass is 15.3. The van der Waals surface area contributed by atoms with Crippen LogP contribution in [0.15, 0.2) is 0 Å². The van der Waals surface area contributed by atoms with Crippen molar-refractivity contribution in [3.63, 3.8) is 0 Å². The van der Waals surface area contributed by atoms with Gasteiger partial charge in [0, 0.05) is 31.7 Å². The molecule has 3 atom stereocenters. The van der Waals surface area contributed by atoms with Crippen molar-refractivity contribution in [2.75, 3.05) is 39.3 Å². The summed E-state index contributed by atoms with van der Waals surface area (Å²) in [6, 6.07) is 1.71. The maximum atomic E-state index is 3.74. The van der Waals surface area contributed by atoms with Crippen LogP contribution in [0.25, 0.3) is 0 Å². The highest BCUT2D eigenvalue weighted by Crippen LogP contribution is 2.35. The predicted molar refractivity (Wildman–Crippen MR) is 69.0 cm³/mol. The van der Waals surface area contributed by atoms with Crippen LogP contribution in [0, 0.1) is 11.8 Å². The van der Waals surface area contributed by atoms with Crippen LogP contribution < -0.4 is 5.32 Å². The highest BCUT2D eigenvalue weighted by molar-refractivity contribution is 4.99. The second-order valence-electron chi connectivity index (χ2n) is 6.62. The molecule has 96 valence electrons. The molecule has 0 radical (unpaired) electrons. The maximum Gasteiger partial charge on any atom is 0.0253 e. The third-order valence-electron chi connectivity index (χ3n) is 5.72. The molecule has 17 heavy (non-hydrogen) atoms. The van der Waals surface area contributed by atoms with Crippen LogP contribution in [-0.4, -0.2) is 61.2 Å². The van der Waals surface area contributed by atoms with E-state index in [0.717, 1.165) is 23.9 Å². The topological polar surface area (TPSA) is 18.5 Å². The van der Waals surface area contributed by atoms with Crippen LogP contribution in [-0.2, 0) is 0 Å². The first-order chi connectivity index (χ1) is 8.40. The summed E-state index contributed by atoms with van der Waals surface area (Å²) in [5.41, 5.74) is 0. The molecule has 5 aliphatic rings. The Morgan fingerprint density at radius 3 is 2.47 bits per heavy atom. The van der Waals surface area contributed by atoms with Gasteiger partial charge in [0.15, 0.2) is 0 Å². The summed E-state index contributed by atoms with van der Waals surface area (Å²) in [7, 11) is 0. The molecule has 3 nitrogen and oxygen atoms in total. The molecule has 1 N–H and O–H groups in total. The number of rotatable bonds is 1. The molecule has 5 rings (SSSR count).